The number of fused-ring (bicyclic) bond motifs is 1. The van der Waals surface area contributed by atoms with Crippen LogP contribution in [-0.2, 0) is 11.3 Å². The van der Waals surface area contributed by atoms with E-state index < -0.39 is 0 Å². The summed E-state index contributed by atoms with van der Waals surface area (Å²) >= 11 is 2.88. The first-order valence-electron chi connectivity index (χ1n) is 6.34. The molecule has 0 aliphatic carbocycles. The van der Waals surface area contributed by atoms with E-state index in [0.717, 1.165) is 20.7 Å². The van der Waals surface area contributed by atoms with Gasteiger partial charge in [-0.05, 0) is 30.0 Å². The molecule has 0 bridgehead atoms. The van der Waals surface area contributed by atoms with Crippen molar-refractivity contribution in [2.45, 2.75) is 13.5 Å². The monoisotopic (exact) mass is 319 g/mol. The Kier molecular flexibility index (Phi) is 3.65. The maximum atomic E-state index is 11.8. The van der Waals surface area contributed by atoms with Crippen molar-refractivity contribution in [2.75, 3.05) is 7.11 Å². The SMILES string of the molecule is COC(=O)c1cc(Cn2ccc(=O)c3sccc32)c(C)s1. The first kappa shape index (κ1) is 14.0. The summed E-state index contributed by atoms with van der Waals surface area (Å²) in [6.07, 6.45) is 1.80. The molecule has 0 radical (unpaired) electrons. The second-order valence-electron chi connectivity index (χ2n) is 4.63. The van der Waals surface area contributed by atoms with Crippen LogP contribution in [0.4, 0.5) is 0 Å². The molecule has 3 aromatic heterocycles. The standard InChI is InChI=1S/C15H13NO3S2/c1-9-10(7-13(21-9)15(18)19-2)8-16-5-3-12(17)14-11(16)4-6-20-14/h3-7H,8H2,1-2H3. The van der Waals surface area contributed by atoms with Crippen LogP contribution in [0.1, 0.15) is 20.1 Å². The van der Waals surface area contributed by atoms with E-state index in [1.165, 1.54) is 29.8 Å². The quantitative estimate of drug-likeness (QED) is 0.696. The van der Waals surface area contributed by atoms with Crippen LogP contribution >= 0.6 is 22.7 Å². The summed E-state index contributed by atoms with van der Waals surface area (Å²) in [4.78, 5) is 25.1. The second-order valence-corrected chi connectivity index (χ2v) is 6.80. The number of carbonyl (C=O) groups is 1. The number of methoxy groups -OCH3 is 1. The molecule has 6 heteroatoms. The minimum absolute atomic E-state index is 0.0496. The number of aromatic nitrogens is 1. The van der Waals surface area contributed by atoms with Crippen molar-refractivity contribution in [1.82, 2.24) is 4.57 Å². The number of ether oxygens (including phenoxy) is 1. The van der Waals surface area contributed by atoms with Crippen molar-refractivity contribution in [1.29, 1.82) is 0 Å². The molecule has 21 heavy (non-hydrogen) atoms. The summed E-state index contributed by atoms with van der Waals surface area (Å²) < 4.78 is 7.55. The lowest BCUT2D eigenvalue weighted by Crippen LogP contribution is -2.07. The van der Waals surface area contributed by atoms with Crippen molar-refractivity contribution >= 4 is 38.9 Å². The van der Waals surface area contributed by atoms with Crippen LogP contribution < -0.4 is 5.43 Å². The highest BCUT2D eigenvalue weighted by Crippen LogP contribution is 2.25. The van der Waals surface area contributed by atoms with Gasteiger partial charge >= 0.3 is 5.97 Å². The normalized spacial score (nSPS) is 11.0. The van der Waals surface area contributed by atoms with Gasteiger partial charge in [-0.2, -0.15) is 0 Å². The molecule has 0 saturated carbocycles. The van der Waals surface area contributed by atoms with Gasteiger partial charge in [-0.25, -0.2) is 4.79 Å². The first-order valence-corrected chi connectivity index (χ1v) is 8.04. The molecular weight excluding hydrogens is 306 g/mol. The van der Waals surface area contributed by atoms with Crippen LogP contribution in [0.5, 0.6) is 0 Å². The number of aryl methyl sites for hydroxylation is 1. The maximum absolute atomic E-state index is 11.8. The largest absolute Gasteiger partial charge is 0.465 e. The average molecular weight is 319 g/mol. The first-order chi connectivity index (χ1) is 10.1. The van der Waals surface area contributed by atoms with Gasteiger partial charge in [-0.3, -0.25) is 4.79 Å². The fraction of sp³-hybridized carbons (Fsp3) is 0.200. The number of rotatable bonds is 3. The Hall–Kier alpha value is -1.92. The second kappa shape index (κ2) is 5.46. The van der Waals surface area contributed by atoms with Crippen LogP contribution in [0.3, 0.4) is 0 Å². The molecule has 0 fully saturated rings. The molecule has 108 valence electrons. The lowest BCUT2D eigenvalue weighted by Gasteiger charge is -2.07. The van der Waals surface area contributed by atoms with E-state index in [0.29, 0.717) is 11.4 Å². The predicted molar refractivity (Wildman–Crippen MR) is 85.6 cm³/mol. The summed E-state index contributed by atoms with van der Waals surface area (Å²) in [5.74, 6) is -0.310. The molecule has 3 rings (SSSR count). The molecule has 0 aromatic carbocycles. The van der Waals surface area contributed by atoms with E-state index in [1.54, 1.807) is 12.3 Å². The summed E-state index contributed by atoms with van der Waals surface area (Å²) in [5, 5.41) is 1.92. The molecular formula is C15H13NO3S2. The van der Waals surface area contributed by atoms with Crippen LogP contribution in [-0.4, -0.2) is 17.6 Å². The zero-order valence-electron chi connectivity index (χ0n) is 11.6. The smallest absolute Gasteiger partial charge is 0.348 e. The van der Waals surface area contributed by atoms with Gasteiger partial charge < -0.3 is 9.30 Å². The molecule has 0 atom stereocenters. The maximum Gasteiger partial charge on any atom is 0.348 e. The Morgan fingerprint density at radius 2 is 2.19 bits per heavy atom. The highest BCUT2D eigenvalue weighted by Gasteiger charge is 2.13. The van der Waals surface area contributed by atoms with E-state index in [9.17, 15) is 9.59 Å². The molecule has 0 aliphatic rings. The Morgan fingerprint density at radius 3 is 2.95 bits per heavy atom. The average Bonchev–Trinajstić information content (AvgIpc) is 3.09. The molecule has 3 aromatic rings. The van der Waals surface area contributed by atoms with Crippen LogP contribution in [0.15, 0.2) is 34.6 Å². The number of pyridine rings is 1. The van der Waals surface area contributed by atoms with Crippen LogP contribution in [0, 0.1) is 6.92 Å². The summed E-state index contributed by atoms with van der Waals surface area (Å²) in [6.45, 7) is 2.62. The minimum Gasteiger partial charge on any atom is -0.465 e. The summed E-state index contributed by atoms with van der Waals surface area (Å²) in [7, 11) is 1.38. The minimum atomic E-state index is -0.310. The van der Waals surface area contributed by atoms with Gasteiger partial charge in [-0.15, -0.1) is 22.7 Å². The number of esters is 1. The molecule has 0 N–H and O–H groups in total. The molecule has 0 aliphatic heterocycles. The Labute approximate surface area is 129 Å². The lowest BCUT2D eigenvalue weighted by molar-refractivity contribution is 0.0606. The van der Waals surface area contributed by atoms with E-state index in [1.807, 2.05) is 29.0 Å². The summed E-state index contributed by atoms with van der Waals surface area (Å²) in [5.41, 5.74) is 2.04. The molecule has 0 spiro atoms. The van der Waals surface area contributed by atoms with Crippen molar-refractivity contribution in [2.24, 2.45) is 0 Å². The number of carbonyl (C=O) groups excluding carboxylic acids is 1. The highest BCUT2D eigenvalue weighted by molar-refractivity contribution is 7.17. The lowest BCUT2D eigenvalue weighted by atomic mass is 10.2. The fourth-order valence-corrected chi connectivity index (χ4v) is 4.00. The molecule has 0 amide bonds. The van der Waals surface area contributed by atoms with Gasteiger partial charge in [0.15, 0.2) is 5.43 Å². The van der Waals surface area contributed by atoms with Crippen LogP contribution in [0.25, 0.3) is 10.2 Å². The van der Waals surface area contributed by atoms with E-state index in [4.69, 9.17) is 4.74 Å². The Balaban J connectivity index is 2.01. The molecule has 3 heterocycles. The van der Waals surface area contributed by atoms with Gasteiger partial charge in [0.25, 0.3) is 0 Å². The Morgan fingerprint density at radius 1 is 1.38 bits per heavy atom. The van der Waals surface area contributed by atoms with Gasteiger partial charge in [0.1, 0.15) is 4.88 Å². The number of hydrogen-bond acceptors (Lipinski definition) is 5. The third-order valence-corrected chi connectivity index (χ3v) is 5.32. The zero-order valence-corrected chi connectivity index (χ0v) is 13.2. The molecule has 0 unspecified atom stereocenters. The summed E-state index contributed by atoms with van der Waals surface area (Å²) in [6, 6.07) is 5.40. The number of hydrogen-bond donors (Lipinski definition) is 0. The topological polar surface area (TPSA) is 48.3 Å². The number of thiophene rings is 2. The van der Waals surface area contributed by atoms with Gasteiger partial charge in [0.05, 0.1) is 17.3 Å². The van der Waals surface area contributed by atoms with Crippen molar-refractivity contribution in [3.05, 3.63) is 55.3 Å². The van der Waals surface area contributed by atoms with Gasteiger partial charge in [-0.1, -0.05) is 0 Å². The highest BCUT2D eigenvalue weighted by atomic mass is 32.1. The number of nitrogens with zero attached hydrogens (tertiary/aromatic N) is 1. The van der Waals surface area contributed by atoms with Crippen molar-refractivity contribution in [3.8, 4) is 0 Å². The van der Waals surface area contributed by atoms with E-state index in [-0.39, 0.29) is 11.4 Å². The predicted octanol–water partition coefficient (Wildman–Crippen LogP) is 3.27. The molecule has 0 saturated heterocycles. The molecule has 4 nitrogen and oxygen atoms in total. The third-order valence-electron chi connectivity index (χ3n) is 3.33. The van der Waals surface area contributed by atoms with Crippen molar-refractivity contribution in [3.63, 3.8) is 0 Å². The van der Waals surface area contributed by atoms with Crippen molar-refractivity contribution < 1.29 is 9.53 Å². The van der Waals surface area contributed by atoms with E-state index >= 15 is 0 Å². The third kappa shape index (κ3) is 2.52. The fourth-order valence-electron chi connectivity index (χ4n) is 2.23. The van der Waals surface area contributed by atoms with Crippen LogP contribution in [0.2, 0.25) is 0 Å². The zero-order chi connectivity index (χ0) is 15.0. The Bertz CT molecular complexity index is 873. The van der Waals surface area contributed by atoms with Gasteiger partial charge in [0, 0.05) is 23.7 Å². The van der Waals surface area contributed by atoms with Gasteiger partial charge in [0.2, 0.25) is 0 Å². The van der Waals surface area contributed by atoms with E-state index in [2.05, 4.69) is 0 Å².